The molecule has 0 spiro atoms. The van der Waals surface area contributed by atoms with Gasteiger partial charge in [-0.2, -0.15) is 0 Å². The molecule has 0 aromatic heterocycles. The predicted octanol–water partition coefficient (Wildman–Crippen LogP) is 16.3. The number of carbonyl (C=O) groups is 2. The molecule has 360 valence electrons. The van der Waals surface area contributed by atoms with Crippen LogP contribution in [0.3, 0.4) is 0 Å². The molecule has 0 heterocycles. The van der Waals surface area contributed by atoms with E-state index in [1.807, 2.05) is 0 Å². The fourth-order valence-corrected chi connectivity index (χ4v) is 8.42. The van der Waals surface area contributed by atoms with Gasteiger partial charge in [0.25, 0.3) is 0 Å². The quantitative estimate of drug-likeness (QED) is 0.0322. The van der Waals surface area contributed by atoms with Gasteiger partial charge in [0, 0.05) is 6.42 Å². The number of aliphatic hydroxyl groups excluding tert-OH is 2. The number of allylic oxidation sites excluding steroid dienone is 4. The van der Waals surface area contributed by atoms with E-state index in [9.17, 15) is 19.8 Å². The topological polar surface area (TPSA) is 95.9 Å². The zero-order chi connectivity index (χ0) is 44.5. The Hall–Kier alpha value is -1.66. The normalized spacial score (nSPS) is 13.3. The van der Waals surface area contributed by atoms with Gasteiger partial charge in [-0.15, -0.1) is 0 Å². The van der Waals surface area contributed by atoms with Crippen molar-refractivity contribution < 1.29 is 24.5 Å². The Morgan fingerprint density at radius 3 is 1.25 bits per heavy atom. The number of rotatable bonds is 49. The Kier molecular flexibility index (Phi) is 48.0. The van der Waals surface area contributed by atoms with Gasteiger partial charge in [-0.05, 0) is 51.4 Å². The van der Waals surface area contributed by atoms with Crippen LogP contribution in [0.2, 0.25) is 0 Å². The van der Waals surface area contributed by atoms with Crippen LogP contribution in [0.4, 0.5) is 0 Å². The molecule has 0 aliphatic heterocycles. The Labute approximate surface area is 380 Å². The van der Waals surface area contributed by atoms with Crippen LogP contribution in [0.1, 0.15) is 290 Å². The van der Waals surface area contributed by atoms with Crippen molar-refractivity contribution in [1.82, 2.24) is 5.32 Å². The van der Waals surface area contributed by atoms with Crippen LogP contribution in [0, 0.1) is 0 Å². The third kappa shape index (κ3) is 44.7. The van der Waals surface area contributed by atoms with Crippen LogP contribution in [0.5, 0.6) is 0 Å². The van der Waals surface area contributed by atoms with E-state index < -0.39 is 18.2 Å². The average Bonchev–Trinajstić information content (AvgIpc) is 3.25. The van der Waals surface area contributed by atoms with Crippen molar-refractivity contribution in [3.63, 3.8) is 0 Å². The molecular weight excluding hydrogens is 755 g/mol. The summed E-state index contributed by atoms with van der Waals surface area (Å²) in [6.07, 6.45) is 56.6. The van der Waals surface area contributed by atoms with Gasteiger partial charge >= 0.3 is 5.97 Å². The summed E-state index contributed by atoms with van der Waals surface area (Å²) in [5.74, 6) is -0.472. The van der Waals surface area contributed by atoms with Crippen LogP contribution >= 0.6 is 0 Å². The molecule has 0 aliphatic carbocycles. The first kappa shape index (κ1) is 59.3. The molecule has 0 bridgehead atoms. The van der Waals surface area contributed by atoms with Gasteiger partial charge in [0.2, 0.25) is 5.91 Å². The third-order valence-corrected chi connectivity index (χ3v) is 12.6. The maximum Gasteiger partial charge on any atom is 0.306 e. The lowest BCUT2D eigenvalue weighted by atomic mass is 10.0. The molecule has 6 nitrogen and oxygen atoms in total. The first-order valence-corrected chi connectivity index (χ1v) is 27.1. The van der Waals surface area contributed by atoms with E-state index >= 15 is 0 Å². The van der Waals surface area contributed by atoms with Crippen LogP contribution < -0.4 is 5.32 Å². The number of aliphatic hydroxyl groups is 2. The molecule has 6 heteroatoms. The third-order valence-electron chi connectivity index (χ3n) is 12.6. The molecule has 3 unspecified atom stereocenters. The van der Waals surface area contributed by atoms with E-state index in [0.717, 1.165) is 51.4 Å². The maximum atomic E-state index is 13.2. The van der Waals surface area contributed by atoms with Gasteiger partial charge in [-0.1, -0.05) is 251 Å². The van der Waals surface area contributed by atoms with Crippen molar-refractivity contribution in [3.8, 4) is 0 Å². The molecular formula is C55H105NO5. The van der Waals surface area contributed by atoms with Gasteiger partial charge in [0.15, 0.2) is 0 Å². The molecule has 0 saturated heterocycles. The minimum atomic E-state index is -0.785. The summed E-state index contributed by atoms with van der Waals surface area (Å²) in [5.41, 5.74) is 0. The summed E-state index contributed by atoms with van der Waals surface area (Å²) >= 11 is 0. The van der Waals surface area contributed by atoms with E-state index in [-0.39, 0.29) is 24.9 Å². The lowest BCUT2D eigenvalue weighted by Crippen LogP contribution is -2.46. The number of nitrogens with one attached hydrogen (secondary N) is 1. The molecule has 3 N–H and O–H groups in total. The molecule has 1 amide bonds. The van der Waals surface area contributed by atoms with Gasteiger partial charge in [0.1, 0.15) is 6.10 Å². The van der Waals surface area contributed by atoms with E-state index in [0.29, 0.717) is 19.3 Å². The molecule has 0 aromatic carbocycles. The molecule has 0 aromatic rings. The van der Waals surface area contributed by atoms with E-state index in [4.69, 9.17) is 4.74 Å². The number of unbranched alkanes of at least 4 members (excludes halogenated alkanes) is 34. The van der Waals surface area contributed by atoms with Crippen LogP contribution in [-0.4, -0.2) is 46.9 Å². The molecule has 0 saturated carbocycles. The van der Waals surface area contributed by atoms with Crippen molar-refractivity contribution in [3.05, 3.63) is 24.3 Å². The second-order valence-electron chi connectivity index (χ2n) is 18.7. The number of carbonyl (C=O) groups excluding carboxylic acids is 2. The molecule has 0 radical (unpaired) electrons. The highest BCUT2D eigenvalue weighted by atomic mass is 16.5. The number of hydrogen-bond acceptors (Lipinski definition) is 5. The Morgan fingerprint density at radius 1 is 0.475 bits per heavy atom. The fourth-order valence-electron chi connectivity index (χ4n) is 8.42. The van der Waals surface area contributed by atoms with Gasteiger partial charge in [0.05, 0.1) is 25.2 Å². The summed E-state index contributed by atoms with van der Waals surface area (Å²) < 4.78 is 5.93. The molecule has 61 heavy (non-hydrogen) atoms. The minimum Gasteiger partial charge on any atom is -0.462 e. The second-order valence-corrected chi connectivity index (χ2v) is 18.7. The first-order valence-electron chi connectivity index (χ1n) is 27.1. The van der Waals surface area contributed by atoms with Crippen LogP contribution in [-0.2, 0) is 14.3 Å². The SMILES string of the molecule is CCCCC/C=C/C=C/CCCCCCCCC(=O)OC(CCCCCCCCCCCCC)CC(=O)NC(CO)C(O)CCCCCCCCCCCCCCCCCC. The zero-order valence-corrected chi connectivity index (χ0v) is 41.1. The Balaban J connectivity index is 4.48. The van der Waals surface area contributed by atoms with Crippen molar-refractivity contribution >= 4 is 11.9 Å². The van der Waals surface area contributed by atoms with E-state index in [1.54, 1.807) is 0 Å². The first-order chi connectivity index (χ1) is 30.0. The van der Waals surface area contributed by atoms with Crippen LogP contribution in [0.25, 0.3) is 0 Å². The number of amides is 1. The van der Waals surface area contributed by atoms with Gasteiger partial charge < -0.3 is 20.3 Å². The number of esters is 1. The zero-order valence-electron chi connectivity index (χ0n) is 41.1. The standard InChI is InChI=1S/C55H105NO5/c1-4-7-10-13-16-19-22-24-26-28-29-32-35-38-41-44-47-53(58)52(50-57)56-54(59)49-51(46-43-40-37-34-31-21-18-15-12-9-6-3)61-55(60)48-45-42-39-36-33-30-27-25-23-20-17-14-11-8-5-2/h17,20,23,25,51-53,57-58H,4-16,18-19,21-22,24,26-50H2,1-3H3,(H,56,59)/b20-17+,25-23+. The van der Waals surface area contributed by atoms with E-state index in [1.165, 1.54) is 193 Å². The summed E-state index contributed by atoms with van der Waals surface area (Å²) in [5, 5.41) is 23.8. The molecule has 0 fully saturated rings. The van der Waals surface area contributed by atoms with Crippen LogP contribution in [0.15, 0.2) is 24.3 Å². The predicted molar refractivity (Wildman–Crippen MR) is 264 cm³/mol. The largest absolute Gasteiger partial charge is 0.462 e. The summed E-state index contributed by atoms with van der Waals surface area (Å²) in [6.45, 7) is 6.47. The molecule has 3 atom stereocenters. The average molecular weight is 860 g/mol. The second kappa shape index (κ2) is 49.4. The number of hydrogen-bond donors (Lipinski definition) is 3. The maximum absolute atomic E-state index is 13.2. The van der Waals surface area contributed by atoms with Crippen molar-refractivity contribution in [2.24, 2.45) is 0 Å². The highest BCUT2D eigenvalue weighted by molar-refractivity contribution is 5.77. The molecule has 0 aliphatic rings. The Bertz CT molecular complexity index is 966. The van der Waals surface area contributed by atoms with Crippen molar-refractivity contribution in [1.29, 1.82) is 0 Å². The smallest absolute Gasteiger partial charge is 0.306 e. The van der Waals surface area contributed by atoms with Gasteiger partial charge in [-0.3, -0.25) is 9.59 Å². The minimum absolute atomic E-state index is 0.0782. The lowest BCUT2D eigenvalue weighted by Gasteiger charge is -2.24. The highest BCUT2D eigenvalue weighted by Crippen LogP contribution is 2.18. The summed E-state index contributed by atoms with van der Waals surface area (Å²) in [7, 11) is 0. The lowest BCUT2D eigenvalue weighted by molar-refractivity contribution is -0.151. The monoisotopic (exact) mass is 860 g/mol. The summed E-state index contributed by atoms with van der Waals surface area (Å²) in [6, 6.07) is -0.699. The van der Waals surface area contributed by atoms with Gasteiger partial charge in [-0.25, -0.2) is 0 Å². The molecule has 0 rings (SSSR count). The number of ether oxygens (including phenoxy) is 1. The van der Waals surface area contributed by atoms with Crippen molar-refractivity contribution in [2.75, 3.05) is 6.61 Å². The fraction of sp³-hybridized carbons (Fsp3) is 0.891. The van der Waals surface area contributed by atoms with E-state index in [2.05, 4.69) is 50.4 Å². The Morgan fingerprint density at radius 2 is 0.820 bits per heavy atom. The highest BCUT2D eigenvalue weighted by Gasteiger charge is 2.24. The summed E-state index contributed by atoms with van der Waals surface area (Å²) in [4.78, 5) is 26.1. The van der Waals surface area contributed by atoms with Crippen molar-refractivity contribution in [2.45, 2.75) is 309 Å².